The lowest BCUT2D eigenvalue weighted by Crippen LogP contribution is -2.15. The fraction of sp³-hybridized carbons (Fsp3) is 0.167. The van der Waals surface area contributed by atoms with Crippen LogP contribution in [0.4, 0.5) is 5.69 Å². The molecule has 3 aromatic rings. The van der Waals surface area contributed by atoms with E-state index in [-0.39, 0.29) is 11.7 Å². The van der Waals surface area contributed by atoms with Crippen LogP contribution >= 0.6 is 11.8 Å². The lowest BCUT2D eigenvalue weighted by atomic mass is 10.3. The minimum atomic E-state index is -0.158. The first-order valence-electron chi connectivity index (χ1n) is 7.82. The minimum Gasteiger partial charge on any atom is -0.495 e. The predicted octanol–water partition coefficient (Wildman–Crippen LogP) is 3.02. The maximum absolute atomic E-state index is 12.3. The fourth-order valence-corrected chi connectivity index (χ4v) is 3.10. The van der Waals surface area contributed by atoms with Gasteiger partial charge in [0, 0.05) is 0 Å². The predicted molar refractivity (Wildman–Crippen MR) is 100 cm³/mol. The molecule has 0 aliphatic heterocycles. The summed E-state index contributed by atoms with van der Waals surface area (Å²) in [5.74, 6) is 1.34. The Hall–Kier alpha value is -3.00. The molecule has 0 saturated carbocycles. The second-order valence-corrected chi connectivity index (χ2v) is 6.13. The number of nitrogens with zero attached hydrogens (tertiary/aromatic N) is 3. The average Bonchev–Trinajstić information content (AvgIpc) is 3.15. The van der Waals surface area contributed by atoms with E-state index in [1.54, 1.807) is 37.2 Å². The number of hydrogen-bond donors (Lipinski definition) is 1. The summed E-state index contributed by atoms with van der Waals surface area (Å²) < 4.78 is 12.4. The quantitative estimate of drug-likeness (QED) is 0.644. The molecule has 2 aromatic carbocycles. The van der Waals surface area contributed by atoms with E-state index < -0.39 is 0 Å². The summed E-state index contributed by atoms with van der Waals surface area (Å²) in [4.78, 5) is 12.3. The highest BCUT2D eigenvalue weighted by atomic mass is 32.2. The molecule has 0 bridgehead atoms. The number of carbonyl (C=O) groups is 1. The van der Waals surface area contributed by atoms with Gasteiger partial charge in [-0.05, 0) is 24.3 Å². The second-order valence-electron chi connectivity index (χ2n) is 5.19. The summed E-state index contributed by atoms with van der Waals surface area (Å²) in [5, 5.41) is 11.5. The van der Waals surface area contributed by atoms with Crippen molar-refractivity contribution in [3.05, 3.63) is 54.9 Å². The van der Waals surface area contributed by atoms with E-state index in [9.17, 15) is 4.79 Å². The molecular formula is C18H18N4O3S. The number of ether oxygens (including phenoxy) is 2. The van der Waals surface area contributed by atoms with Crippen LogP contribution < -0.4 is 14.8 Å². The molecule has 1 N–H and O–H groups in total. The molecule has 0 spiro atoms. The Balaban J connectivity index is 1.69. The summed E-state index contributed by atoms with van der Waals surface area (Å²) in [6, 6.07) is 14.8. The molecule has 1 aromatic heterocycles. The molecule has 26 heavy (non-hydrogen) atoms. The highest BCUT2D eigenvalue weighted by molar-refractivity contribution is 7.99. The number of nitrogens with one attached hydrogen (secondary N) is 1. The number of anilines is 1. The first-order chi connectivity index (χ1) is 12.7. The van der Waals surface area contributed by atoms with Crippen molar-refractivity contribution in [1.82, 2.24) is 14.8 Å². The third kappa shape index (κ3) is 3.97. The molecular weight excluding hydrogens is 352 g/mol. The van der Waals surface area contributed by atoms with Crippen molar-refractivity contribution in [3.8, 4) is 17.2 Å². The van der Waals surface area contributed by atoms with Gasteiger partial charge in [-0.3, -0.25) is 9.36 Å². The standard InChI is InChI=1S/C18H18N4O3S/c1-24-15-9-5-3-7-13(15)20-17(23)11-26-18-21-19-12-22(18)14-8-4-6-10-16(14)25-2/h3-10,12H,11H2,1-2H3,(H,20,23). The zero-order valence-electron chi connectivity index (χ0n) is 14.4. The Morgan fingerprint density at radius 1 is 1.08 bits per heavy atom. The van der Waals surface area contributed by atoms with Gasteiger partial charge in [-0.2, -0.15) is 0 Å². The topological polar surface area (TPSA) is 78.3 Å². The van der Waals surface area contributed by atoms with Crippen LogP contribution in [0.5, 0.6) is 11.5 Å². The molecule has 0 aliphatic carbocycles. The SMILES string of the molecule is COc1ccccc1NC(=O)CSc1nncn1-c1ccccc1OC. The van der Waals surface area contributed by atoms with Gasteiger partial charge in [-0.25, -0.2) is 0 Å². The van der Waals surface area contributed by atoms with E-state index >= 15 is 0 Å². The molecule has 0 aliphatic rings. The van der Waals surface area contributed by atoms with E-state index in [0.717, 1.165) is 5.69 Å². The van der Waals surface area contributed by atoms with E-state index in [4.69, 9.17) is 9.47 Å². The maximum atomic E-state index is 12.3. The maximum Gasteiger partial charge on any atom is 0.234 e. The van der Waals surface area contributed by atoms with Crippen molar-refractivity contribution in [1.29, 1.82) is 0 Å². The Morgan fingerprint density at radius 3 is 2.54 bits per heavy atom. The summed E-state index contributed by atoms with van der Waals surface area (Å²) >= 11 is 1.29. The molecule has 1 heterocycles. The molecule has 0 saturated heterocycles. The zero-order chi connectivity index (χ0) is 18.4. The third-order valence-electron chi connectivity index (χ3n) is 3.57. The Bertz CT molecular complexity index is 897. The lowest BCUT2D eigenvalue weighted by molar-refractivity contribution is -0.113. The normalized spacial score (nSPS) is 10.4. The third-order valence-corrected chi connectivity index (χ3v) is 4.52. The number of benzene rings is 2. The van der Waals surface area contributed by atoms with Crippen molar-refractivity contribution >= 4 is 23.4 Å². The Kier molecular flexibility index (Phi) is 5.75. The number of aromatic nitrogens is 3. The smallest absolute Gasteiger partial charge is 0.234 e. The van der Waals surface area contributed by atoms with Gasteiger partial charge < -0.3 is 14.8 Å². The zero-order valence-corrected chi connectivity index (χ0v) is 15.2. The van der Waals surface area contributed by atoms with Crippen LogP contribution in [0.15, 0.2) is 60.0 Å². The van der Waals surface area contributed by atoms with Gasteiger partial charge in [0.1, 0.15) is 17.8 Å². The fourth-order valence-electron chi connectivity index (χ4n) is 2.38. The van der Waals surface area contributed by atoms with Gasteiger partial charge in [0.25, 0.3) is 0 Å². The summed E-state index contributed by atoms with van der Waals surface area (Å²) in [6.07, 6.45) is 1.60. The van der Waals surface area contributed by atoms with Crippen molar-refractivity contribution in [3.63, 3.8) is 0 Å². The van der Waals surface area contributed by atoms with E-state index in [2.05, 4.69) is 15.5 Å². The number of rotatable bonds is 7. The number of amides is 1. The van der Waals surface area contributed by atoms with Gasteiger partial charge in [-0.1, -0.05) is 36.0 Å². The first kappa shape index (κ1) is 17.8. The van der Waals surface area contributed by atoms with E-state index in [1.807, 2.05) is 36.4 Å². The van der Waals surface area contributed by atoms with E-state index in [0.29, 0.717) is 22.3 Å². The van der Waals surface area contributed by atoms with Crippen molar-refractivity contribution in [2.75, 3.05) is 25.3 Å². The van der Waals surface area contributed by atoms with Crippen LogP contribution in [0.25, 0.3) is 5.69 Å². The van der Waals surface area contributed by atoms with Crippen LogP contribution in [0.1, 0.15) is 0 Å². The molecule has 0 unspecified atom stereocenters. The molecule has 0 fully saturated rings. The van der Waals surface area contributed by atoms with Gasteiger partial charge >= 0.3 is 0 Å². The summed E-state index contributed by atoms with van der Waals surface area (Å²) in [7, 11) is 3.17. The van der Waals surface area contributed by atoms with Crippen LogP contribution in [0, 0.1) is 0 Å². The lowest BCUT2D eigenvalue weighted by Gasteiger charge is -2.11. The first-order valence-corrected chi connectivity index (χ1v) is 8.80. The summed E-state index contributed by atoms with van der Waals surface area (Å²) in [5.41, 5.74) is 1.44. The number of carbonyl (C=O) groups excluding carboxylic acids is 1. The number of hydrogen-bond acceptors (Lipinski definition) is 6. The average molecular weight is 370 g/mol. The molecule has 0 radical (unpaired) electrons. The Morgan fingerprint density at radius 2 is 1.77 bits per heavy atom. The molecule has 134 valence electrons. The molecule has 3 rings (SSSR count). The summed E-state index contributed by atoms with van der Waals surface area (Å²) in [6.45, 7) is 0. The minimum absolute atomic E-state index is 0.158. The van der Waals surface area contributed by atoms with Crippen LogP contribution in [0.3, 0.4) is 0 Å². The van der Waals surface area contributed by atoms with Gasteiger partial charge in [0.2, 0.25) is 5.91 Å². The van der Waals surface area contributed by atoms with Gasteiger partial charge in [-0.15, -0.1) is 10.2 Å². The van der Waals surface area contributed by atoms with Crippen molar-refractivity contribution in [2.24, 2.45) is 0 Å². The monoisotopic (exact) mass is 370 g/mol. The molecule has 1 amide bonds. The molecule has 7 nitrogen and oxygen atoms in total. The van der Waals surface area contributed by atoms with Crippen LogP contribution in [0.2, 0.25) is 0 Å². The highest BCUT2D eigenvalue weighted by Crippen LogP contribution is 2.27. The van der Waals surface area contributed by atoms with Gasteiger partial charge in [0.05, 0.1) is 31.3 Å². The van der Waals surface area contributed by atoms with Crippen molar-refractivity contribution in [2.45, 2.75) is 5.16 Å². The van der Waals surface area contributed by atoms with E-state index in [1.165, 1.54) is 11.8 Å². The van der Waals surface area contributed by atoms with Crippen LogP contribution in [-0.4, -0.2) is 40.6 Å². The number of methoxy groups -OCH3 is 2. The highest BCUT2D eigenvalue weighted by Gasteiger charge is 2.14. The van der Waals surface area contributed by atoms with Crippen molar-refractivity contribution < 1.29 is 14.3 Å². The van der Waals surface area contributed by atoms with Crippen LogP contribution in [-0.2, 0) is 4.79 Å². The second kappa shape index (κ2) is 8.39. The molecule has 0 atom stereocenters. The number of thioether (sulfide) groups is 1. The Labute approximate surface area is 155 Å². The largest absolute Gasteiger partial charge is 0.495 e. The van der Waals surface area contributed by atoms with Gasteiger partial charge in [0.15, 0.2) is 5.16 Å². The molecule has 8 heteroatoms. The number of para-hydroxylation sites is 4.